The highest BCUT2D eigenvalue weighted by molar-refractivity contribution is 7.80. The van der Waals surface area contributed by atoms with Crippen LogP contribution in [0.15, 0.2) is 77.5 Å². The average Bonchev–Trinajstić information content (AvgIpc) is 3.54. The van der Waals surface area contributed by atoms with Crippen molar-refractivity contribution in [2.45, 2.75) is 45.8 Å². The Hall–Kier alpha value is -3.38. The number of rotatable bonds is 6. The minimum absolute atomic E-state index is 0.00707. The van der Waals surface area contributed by atoms with E-state index in [2.05, 4.69) is 76.9 Å². The fraction of sp³-hybridized carbons (Fsp3) is 0.259. The van der Waals surface area contributed by atoms with Gasteiger partial charge in [-0.25, -0.2) is 0 Å². The largest absolute Gasteiger partial charge is 0.467 e. The highest BCUT2D eigenvalue weighted by Gasteiger charge is 2.41. The number of pyridine rings is 1. The second-order valence-corrected chi connectivity index (χ2v) is 8.90. The summed E-state index contributed by atoms with van der Waals surface area (Å²) in [6.45, 7) is 7.14. The second-order valence-electron chi connectivity index (χ2n) is 8.52. The zero-order chi connectivity index (χ0) is 22.9. The topological polar surface area (TPSA) is 46.2 Å². The number of aryl methyl sites for hydroxylation is 2. The smallest absolute Gasteiger partial charge is 0.170 e. The van der Waals surface area contributed by atoms with Crippen LogP contribution in [0.5, 0.6) is 0 Å². The number of thiocarbonyl (C=S) groups is 1. The van der Waals surface area contributed by atoms with Gasteiger partial charge in [0.1, 0.15) is 5.76 Å². The Morgan fingerprint density at radius 3 is 2.55 bits per heavy atom. The van der Waals surface area contributed by atoms with E-state index in [1.54, 1.807) is 6.26 Å². The lowest BCUT2D eigenvalue weighted by Crippen LogP contribution is -2.29. The van der Waals surface area contributed by atoms with Gasteiger partial charge in [0.25, 0.3) is 0 Å². The van der Waals surface area contributed by atoms with Gasteiger partial charge in [0.15, 0.2) is 5.11 Å². The fourth-order valence-electron chi connectivity index (χ4n) is 4.85. The molecule has 0 bridgehead atoms. The zero-order valence-corrected chi connectivity index (χ0v) is 20.0. The first-order chi connectivity index (χ1) is 16.1. The van der Waals surface area contributed by atoms with Crippen molar-refractivity contribution in [2.24, 2.45) is 0 Å². The molecule has 0 spiro atoms. The predicted molar refractivity (Wildman–Crippen MR) is 134 cm³/mol. The molecular formula is C27H28N4OS. The molecule has 168 valence electrons. The first kappa shape index (κ1) is 21.5. The molecule has 1 aliphatic heterocycles. The van der Waals surface area contributed by atoms with Crippen LogP contribution in [-0.2, 0) is 13.0 Å². The molecule has 0 saturated carbocycles. The Bertz CT molecular complexity index is 1250. The summed E-state index contributed by atoms with van der Waals surface area (Å²) >= 11 is 5.81. The molecule has 1 aliphatic rings. The molecule has 1 fully saturated rings. The summed E-state index contributed by atoms with van der Waals surface area (Å²) in [4.78, 5) is 6.88. The number of hydrogen-bond donors (Lipinski definition) is 1. The van der Waals surface area contributed by atoms with Crippen molar-refractivity contribution in [2.75, 3.05) is 0 Å². The van der Waals surface area contributed by atoms with Crippen LogP contribution in [0, 0.1) is 13.8 Å². The Morgan fingerprint density at radius 1 is 1.06 bits per heavy atom. The fourth-order valence-corrected chi connectivity index (χ4v) is 5.15. The minimum Gasteiger partial charge on any atom is -0.467 e. The molecule has 2 atom stereocenters. The van der Waals surface area contributed by atoms with E-state index < -0.39 is 0 Å². The van der Waals surface area contributed by atoms with E-state index in [9.17, 15) is 0 Å². The molecule has 0 unspecified atom stereocenters. The van der Waals surface area contributed by atoms with Gasteiger partial charge in [0.05, 0.1) is 30.6 Å². The van der Waals surface area contributed by atoms with Gasteiger partial charge in [-0.2, -0.15) is 0 Å². The minimum atomic E-state index is -0.0509. The molecule has 1 saturated heterocycles. The number of hydrogen-bond acceptors (Lipinski definition) is 3. The highest BCUT2D eigenvalue weighted by Crippen LogP contribution is 2.42. The van der Waals surface area contributed by atoms with Gasteiger partial charge in [0.2, 0.25) is 0 Å². The van der Waals surface area contributed by atoms with Crippen LogP contribution in [0.1, 0.15) is 53.0 Å². The van der Waals surface area contributed by atoms with Crippen molar-refractivity contribution in [3.05, 3.63) is 107 Å². The monoisotopic (exact) mass is 456 g/mol. The lowest BCUT2D eigenvalue weighted by molar-refractivity contribution is 0.286. The molecule has 6 heteroatoms. The van der Waals surface area contributed by atoms with E-state index in [1.165, 1.54) is 28.2 Å². The Morgan fingerprint density at radius 2 is 1.88 bits per heavy atom. The van der Waals surface area contributed by atoms with Crippen molar-refractivity contribution in [1.29, 1.82) is 0 Å². The summed E-state index contributed by atoms with van der Waals surface area (Å²) in [5.74, 6) is 0.884. The summed E-state index contributed by atoms with van der Waals surface area (Å²) in [7, 11) is 0. The van der Waals surface area contributed by atoms with Gasteiger partial charge >= 0.3 is 0 Å². The van der Waals surface area contributed by atoms with Crippen molar-refractivity contribution < 1.29 is 4.42 Å². The van der Waals surface area contributed by atoms with E-state index >= 15 is 0 Å². The van der Waals surface area contributed by atoms with Crippen molar-refractivity contribution in [1.82, 2.24) is 19.8 Å². The number of nitrogens with one attached hydrogen (secondary N) is 1. The van der Waals surface area contributed by atoms with E-state index in [0.717, 1.165) is 17.9 Å². The second kappa shape index (κ2) is 8.87. The van der Waals surface area contributed by atoms with Gasteiger partial charge in [-0.05, 0) is 86.1 Å². The zero-order valence-electron chi connectivity index (χ0n) is 19.2. The molecule has 4 aromatic rings. The van der Waals surface area contributed by atoms with Crippen LogP contribution in [0.25, 0.3) is 5.69 Å². The van der Waals surface area contributed by atoms with Crippen molar-refractivity contribution in [3.8, 4) is 5.69 Å². The molecule has 1 N–H and O–H groups in total. The van der Waals surface area contributed by atoms with Crippen molar-refractivity contribution in [3.63, 3.8) is 0 Å². The van der Waals surface area contributed by atoms with Gasteiger partial charge in [-0.15, -0.1) is 0 Å². The summed E-state index contributed by atoms with van der Waals surface area (Å²) in [6.07, 6.45) is 4.58. The SMILES string of the molecule is CCc1ccc(-n2c(C)cc([C@H]3[C@H](c4ccccn4)NC(=S)N3Cc3ccco3)c2C)cc1. The summed E-state index contributed by atoms with van der Waals surface area (Å²) < 4.78 is 8.00. The van der Waals surface area contributed by atoms with Crippen LogP contribution >= 0.6 is 12.2 Å². The van der Waals surface area contributed by atoms with Crippen LogP contribution in [0.2, 0.25) is 0 Å². The van der Waals surface area contributed by atoms with E-state index in [1.807, 2.05) is 30.5 Å². The van der Waals surface area contributed by atoms with E-state index in [-0.39, 0.29) is 12.1 Å². The summed E-state index contributed by atoms with van der Waals surface area (Å²) in [5.41, 5.74) is 7.13. The lowest BCUT2D eigenvalue weighted by Gasteiger charge is -2.27. The lowest BCUT2D eigenvalue weighted by atomic mass is 9.96. The summed E-state index contributed by atoms with van der Waals surface area (Å²) in [6, 6.07) is 21.0. The Labute approximate surface area is 200 Å². The standard InChI is InChI=1S/C27H28N4OS/c1-4-20-10-12-21(13-11-20)31-18(2)16-23(19(31)3)26-25(24-9-5-6-14-28-24)29-27(33)30(26)17-22-8-7-15-32-22/h5-16,25-26H,4,17H2,1-3H3,(H,29,33)/t25-,26-/m0/s1. The Kier molecular flexibility index (Phi) is 5.77. The first-order valence-corrected chi connectivity index (χ1v) is 11.8. The first-order valence-electron chi connectivity index (χ1n) is 11.4. The average molecular weight is 457 g/mol. The molecule has 3 aromatic heterocycles. The third-order valence-electron chi connectivity index (χ3n) is 6.50. The van der Waals surface area contributed by atoms with E-state index in [4.69, 9.17) is 16.6 Å². The highest BCUT2D eigenvalue weighted by atomic mass is 32.1. The third-order valence-corrected chi connectivity index (χ3v) is 6.85. The number of benzene rings is 1. The van der Waals surface area contributed by atoms with Gasteiger partial charge < -0.3 is 19.2 Å². The van der Waals surface area contributed by atoms with Gasteiger partial charge in [0, 0.05) is 23.3 Å². The number of nitrogens with zero attached hydrogens (tertiary/aromatic N) is 3. The Balaban J connectivity index is 1.60. The number of furan rings is 1. The van der Waals surface area contributed by atoms with E-state index in [0.29, 0.717) is 11.7 Å². The van der Waals surface area contributed by atoms with Crippen LogP contribution < -0.4 is 5.32 Å². The molecule has 0 radical (unpaired) electrons. The molecule has 5 rings (SSSR count). The van der Waals surface area contributed by atoms with Gasteiger partial charge in [-0.1, -0.05) is 25.1 Å². The van der Waals surface area contributed by atoms with Gasteiger partial charge in [-0.3, -0.25) is 4.98 Å². The summed E-state index contributed by atoms with van der Waals surface area (Å²) in [5, 5.41) is 4.25. The number of aromatic nitrogens is 2. The molecule has 5 nitrogen and oxygen atoms in total. The quantitative estimate of drug-likeness (QED) is 0.371. The molecule has 1 aromatic carbocycles. The molecule has 0 aliphatic carbocycles. The van der Waals surface area contributed by atoms with Crippen LogP contribution in [0.3, 0.4) is 0 Å². The maximum Gasteiger partial charge on any atom is 0.170 e. The molecule has 4 heterocycles. The maximum atomic E-state index is 5.81. The predicted octanol–water partition coefficient (Wildman–Crippen LogP) is 5.82. The normalized spacial score (nSPS) is 18.0. The third kappa shape index (κ3) is 3.95. The van der Waals surface area contributed by atoms with Crippen molar-refractivity contribution >= 4 is 17.3 Å². The molecular weight excluding hydrogens is 428 g/mol. The van der Waals surface area contributed by atoms with Crippen LogP contribution in [0.4, 0.5) is 0 Å². The maximum absolute atomic E-state index is 5.81. The van der Waals surface area contributed by atoms with Crippen LogP contribution in [-0.4, -0.2) is 19.6 Å². The molecule has 0 amide bonds. The molecule has 33 heavy (non-hydrogen) atoms.